The fraction of sp³-hybridized carbons (Fsp3) is 0.538. The lowest BCUT2D eigenvalue weighted by Crippen LogP contribution is -2.35. The highest BCUT2D eigenvalue weighted by Crippen LogP contribution is 2.17. The van der Waals surface area contributed by atoms with Crippen LogP contribution < -0.4 is 5.73 Å². The molecule has 0 atom stereocenters. The van der Waals surface area contributed by atoms with Crippen molar-refractivity contribution in [1.29, 1.82) is 0 Å². The largest absolute Gasteiger partial charge is 0.393 e. The average molecular weight is 238 g/mol. The normalized spacial score (nSPS) is 18.5. The molecule has 94 valence electrons. The van der Waals surface area contributed by atoms with Crippen molar-refractivity contribution in [2.45, 2.75) is 32.0 Å². The van der Waals surface area contributed by atoms with E-state index >= 15 is 0 Å². The first-order valence-electron chi connectivity index (χ1n) is 6.07. The second-order valence-corrected chi connectivity index (χ2v) is 4.62. The van der Waals surface area contributed by atoms with Gasteiger partial charge in [0.1, 0.15) is 5.82 Å². The zero-order chi connectivity index (χ0) is 12.3. The van der Waals surface area contributed by atoms with E-state index in [2.05, 4.69) is 4.90 Å². The summed E-state index contributed by atoms with van der Waals surface area (Å²) in [6.45, 7) is 2.94. The van der Waals surface area contributed by atoms with Crippen molar-refractivity contribution in [3.8, 4) is 0 Å². The van der Waals surface area contributed by atoms with Gasteiger partial charge in [0.05, 0.1) is 6.10 Å². The van der Waals surface area contributed by atoms with E-state index in [-0.39, 0.29) is 11.9 Å². The van der Waals surface area contributed by atoms with Gasteiger partial charge in [-0.1, -0.05) is 6.07 Å². The second kappa shape index (κ2) is 5.58. The Morgan fingerprint density at radius 3 is 2.65 bits per heavy atom. The minimum absolute atomic E-state index is 0.159. The molecule has 17 heavy (non-hydrogen) atoms. The number of hydrogen-bond donors (Lipinski definition) is 2. The van der Waals surface area contributed by atoms with Crippen LogP contribution in [-0.2, 0) is 13.1 Å². The SMILES string of the molecule is NCc1cc(F)ccc1CN1CCC(O)CC1. The number of halogens is 1. The summed E-state index contributed by atoms with van der Waals surface area (Å²) in [5.74, 6) is -0.233. The van der Waals surface area contributed by atoms with Crippen LogP contribution >= 0.6 is 0 Å². The van der Waals surface area contributed by atoms with Gasteiger partial charge < -0.3 is 10.8 Å². The van der Waals surface area contributed by atoms with Crippen LogP contribution in [0.3, 0.4) is 0 Å². The zero-order valence-corrected chi connectivity index (χ0v) is 9.90. The Kier molecular flexibility index (Phi) is 4.10. The molecule has 1 aliphatic heterocycles. The van der Waals surface area contributed by atoms with Gasteiger partial charge in [-0.3, -0.25) is 4.90 Å². The van der Waals surface area contributed by atoms with Gasteiger partial charge in [-0.15, -0.1) is 0 Å². The minimum Gasteiger partial charge on any atom is -0.393 e. The Morgan fingerprint density at radius 1 is 1.29 bits per heavy atom. The van der Waals surface area contributed by atoms with Gasteiger partial charge in [0.15, 0.2) is 0 Å². The third-order valence-corrected chi connectivity index (χ3v) is 3.34. The maximum Gasteiger partial charge on any atom is 0.123 e. The molecular weight excluding hydrogens is 219 g/mol. The van der Waals surface area contributed by atoms with Crippen molar-refractivity contribution in [1.82, 2.24) is 4.90 Å². The Labute approximate surface area is 101 Å². The summed E-state index contributed by atoms with van der Waals surface area (Å²) in [4.78, 5) is 2.28. The van der Waals surface area contributed by atoms with E-state index in [9.17, 15) is 9.50 Å². The quantitative estimate of drug-likeness (QED) is 0.833. The molecule has 0 unspecified atom stereocenters. The van der Waals surface area contributed by atoms with Gasteiger partial charge in [0, 0.05) is 26.2 Å². The van der Waals surface area contributed by atoms with Gasteiger partial charge in [-0.25, -0.2) is 4.39 Å². The molecule has 0 saturated carbocycles. The number of piperidine rings is 1. The Morgan fingerprint density at radius 2 is 2.00 bits per heavy atom. The predicted octanol–water partition coefficient (Wildman–Crippen LogP) is 1.24. The number of aliphatic hydroxyl groups excluding tert-OH is 1. The lowest BCUT2D eigenvalue weighted by molar-refractivity contribution is 0.0791. The molecule has 0 spiro atoms. The van der Waals surface area contributed by atoms with E-state index in [4.69, 9.17) is 5.73 Å². The van der Waals surface area contributed by atoms with E-state index in [1.165, 1.54) is 12.1 Å². The standard InChI is InChI=1S/C13H19FN2O/c14-12-2-1-10(11(7-12)8-15)9-16-5-3-13(17)4-6-16/h1-2,7,13,17H,3-6,8-9,15H2. The number of likely N-dealkylation sites (tertiary alicyclic amines) is 1. The summed E-state index contributed by atoms with van der Waals surface area (Å²) in [5, 5.41) is 9.43. The highest BCUT2D eigenvalue weighted by molar-refractivity contribution is 5.27. The summed E-state index contributed by atoms with van der Waals surface area (Å²) in [6, 6.07) is 4.80. The van der Waals surface area contributed by atoms with Crippen molar-refractivity contribution in [2.75, 3.05) is 13.1 Å². The van der Waals surface area contributed by atoms with Crippen LogP contribution in [0.5, 0.6) is 0 Å². The Bertz CT molecular complexity index is 376. The third kappa shape index (κ3) is 3.25. The molecule has 1 aromatic carbocycles. The van der Waals surface area contributed by atoms with Gasteiger partial charge in [0.25, 0.3) is 0 Å². The van der Waals surface area contributed by atoms with Gasteiger partial charge in [-0.2, -0.15) is 0 Å². The number of rotatable bonds is 3. The van der Waals surface area contributed by atoms with Crippen molar-refractivity contribution < 1.29 is 9.50 Å². The number of hydrogen-bond acceptors (Lipinski definition) is 3. The Balaban J connectivity index is 2.03. The highest BCUT2D eigenvalue weighted by Gasteiger charge is 2.17. The molecule has 1 saturated heterocycles. The van der Waals surface area contributed by atoms with Crippen molar-refractivity contribution in [3.05, 3.63) is 35.1 Å². The summed E-state index contributed by atoms with van der Waals surface area (Å²) < 4.78 is 13.1. The van der Waals surface area contributed by atoms with Crippen LogP contribution in [0.15, 0.2) is 18.2 Å². The molecule has 0 radical (unpaired) electrons. The first-order chi connectivity index (χ1) is 8.19. The lowest BCUT2D eigenvalue weighted by Gasteiger charge is -2.30. The van der Waals surface area contributed by atoms with Crippen molar-refractivity contribution in [2.24, 2.45) is 5.73 Å². The molecular formula is C13H19FN2O. The van der Waals surface area contributed by atoms with Gasteiger partial charge in [0.2, 0.25) is 0 Å². The smallest absolute Gasteiger partial charge is 0.123 e. The van der Waals surface area contributed by atoms with E-state index in [0.29, 0.717) is 6.54 Å². The summed E-state index contributed by atoms with van der Waals surface area (Å²) in [6.07, 6.45) is 1.48. The van der Waals surface area contributed by atoms with Crippen LogP contribution in [0.4, 0.5) is 4.39 Å². The van der Waals surface area contributed by atoms with Crippen molar-refractivity contribution >= 4 is 0 Å². The first-order valence-corrected chi connectivity index (χ1v) is 6.07. The lowest BCUT2D eigenvalue weighted by atomic mass is 10.0. The van der Waals surface area contributed by atoms with E-state index in [1.54, 1.807) is 0 Å². The van der Waals surface area contributed by atoms with Crippen LogP contribution in [-0.4, -0.2) is 29.2 Å². The fourth-order valence-electron chi connectivity index (χ4n) is 2.26. The topological polar surface area (TPSA) is 49.5 Å². The van der Waals surface area contributed by atoms with Crippen molar-refractivity contribution in [3.63, 3.8) is 0 Å². The minimum atomic E-state index is -0.233. The number of benzene rings is 1. The van der Waals surface area contributed by atoms with Gasteiger partial charge >= 0.3 is 0 Å². The molecule has 0 aliphatic carbocycles. The molecule has 0 bridgehead atoms. The van der Waals surface area contributed by atoms with Crippen LogP contribution in [0.2, 0.25) is 0 Å². The molecule has 0 aromatic heterocycles. The first kappa shape index (κ1) is 12.5. The summed E-state index contributed by atoms with van der Waals surface area (Å²) >= 11 is 0. The van der Waals surface area contributed by atoms with Crippen LogP contribution in [0.1, 0.15) is 24.0 Å². The molecule has 3 N–H and O–H groups in total. The highest BCUT2D eigenvalue weighted by atomic mass is 19.1. The molecule has 3 nitrogen and oxygen atoms in total. The molecule has 1 heterocycles. The number of aliphatic hydroxyl groups is 1. The maximum atomic E-state index is 13.1. The Hall–Kier alpha value is -0.970. The van der Waals surface area contributed by atoms with E-state index in [0.717, 1.165) is 43.6 Å². The molecule has 0 amide bonds. The number of nitrogens with two attached hydrogens (primary N) is 1. The molecule has 2 rings (SSSR count). The fourth-order valence-corrected chi connectivity index (χ4v) is 2.26. The summed E-state index contributed by atoms with van der Waals surface area (Å²) in [7, 11) is 0. The molecule has 1 aromatic rings. The van der Waals surface area contributed by atoms with Crippen LogP contribution in [0.25, 0.3) is 0 Å². The number of nitrogens with zero attached hydrogens (tertiary/aromatic N) is 1. The van der Waals surface area contributed by atoms with E-state index < -0.39 is 0 Å². The van der Waals surface area contributed by atoms with Gasteiger partial charge in [-0.05, 0) is 36.1 Å². The third-order valence-electron chi connectivity index (χ3n) is 3.34. The second-order valence-electron chi connectivity index (χ2n) is 4.62. The van der Waals surface area contributed by atoms with Crippen LogP contribution in [0, 0.1) is 5.82 Å². The van der Waals surface area contributed by atoms with E-state index in [1.807, 2.05) is 6.07 Å². The predicted molar refractivity (Wildman–Crippen MR) is 64.8 cm³/mol. The molecule has 1 aliphatic rings. The molecule has 4 heteroatoms. The maximum absolute atomic E-state index is 13.1. The summed E-state index contributed by atoms with van der Waals surface area (Å²) in [5.41, 5.74) is 7.58. The monoisotopic (exact) mass is 238 g/mol. The molecule has 1 fully saturated rings. The average Bonchev–Trinajstić information content (AvgIpc) is 2.34. The zero-order valence-electron chi connectivity index (χ0n) is 9.90.